The maximum Gasteiger partial charge on any atom is 0.411 e. The topological polar surface area (TPSA) is 48.9 Å². The van der Waals surface area contributed by atoms with E-state index in [1.54, 1.807) is 12.1 Å². The Morgan fingerprint density at radius 2 is 1.77 bits per heavy atom. The Morgan fingerprint density at radius 1 is 1.12 bits per heavy atom. The Hall–Kier alpha value is -1.80. The molecule has 1 rings (SSSR count). The number of benzene rings is 1. The predicted octanol–water partition coefficient (Wildman–Crippen LogP) is 2.77. The normalized spacial score (nSPS) is 12.5. The third-order valence-corrected chi connectivity index (χ3v) is 3.65. The van der Waals surface area contributed by atoms with E-state index in [1.807, 2.05) is 19.1 Å². The van der Waals surface area contributed by atoms with Crippen LogP contribution in [0.25, 0.3) is 0 Å². The molecule has 148 valence electrons. The Morgan fingerprint density at radius 3 is 2.35 bits per heavy atom. The fourth-order valence-corrected chi connectivity index (χ4v) is 2.06. The van der Waals surface area contributed by atoms with Gasteiger partial charge in [0.25, 0.3) is 0 Å². The summed E-state index contributed by atoms with van der Waals surface area (Å²) in [6, 6.07) is 7.23. The molecule has 0 aliphatic heterocycles. The minimum atomic E-state index is -4.30. The number of rotatable bonds is 10. The first-order chi connectivity index (χ1) is 12.3. The van der Waals surface area contributed by atoms with Crippen LogP contribution in [0.3, 0.4) is 0 Å². The molecule has 0 spiro atoms. The molecule has 0 heterocycles. The van der Waals surface area contributed by atoms with Crippen LogP contribution >= 0.6 is 0 Å². The molecule has 0 radical (unpaired) electrons. The smallest absolute Gasteiger partial charge is 0.367 e. The average Bonchev–Trinajstić information content (AvgIpc) is 2.59. The first kappa shape index (κ1) is 22.2. The molecule has 0 unspecified atom stereocenters. The maximum absolute atomic E-state index is 12.1. The van der Waals surface area contributed by atoms with Crippen LogP contribution in [-0.4, -0.2) is 56.9 Å². The number of ether oxygens (including phenoxy) is 1. The highest BCUT2D eigenvalue weighted by Crippen LogP contribution is 2.16. The zero-order chi connectivity index (χ0) is 19.4. The van der Waals surface area contributed by atoms with Crippen molar-refractivity contribution in [3.63, 3.8) is 0 Å². The lowest BCUT2D eigenvalue weighted by Gasteiger charge is -2.16. The second-order valence-electron chi connectivity index (χ2n) is 5.94. The summed E-state index contributed by atoms with van der Waals surface area (Å²) in [6.45, 7) is 6.80. The highest BCUT2D eigenvalue weighted by atomic mass is 19.4. The number of hydrogen-bond donors (Lipinski definition) is 2. The van der Waals surface area contributed by atoms with Gasteiger partial charge in [0.2, 0.25) is 0 Å². The van der Waals surface area contributed by atoms with Gasteiger partial charge in [-0.2, -0.15) is 13.2 Å². The first-order valence-corrected chi connectivity index (χ1v) is 8.77. The van der Waals surface area contributed by atoms with Gasteiger partial charge in [-0.05, 0) is 31.6 Å². The monoisotopic (exact) mass is 374 g/mol. The van der Waals surface area contributed by atoms with E-state index in [9.17, 15) is 13.2 Å². The predicted molar refractivity (Wildman–Crippen MR) is 98.1 cm³/mol. The van der Waals surface area contributed by atoms with E-state index < -0.39 is 12.8 Å². The largest absolute Gasteiger partial charge is 0.411 e. The van der Waals surface area contributed by atoms with Crippen molar-refractivity contribution in [3.05, 3.63) is 35.4 Å². The lowest BCUT2D eigenvalue weighted by atomic mass is 10.1. The van der Waals surface area contributed by atoms with Gasteiger partial charge in [0.1, 0.15) is 6.61 Å². The molecule has 0 aliphatic rings. The van der Waals surface area contributed by atoms with Crippen molar-refractivity contribution in [3.8, 4) is 0 Å². The molecule has 2 N–H and O–H groups in total. The zero-order valence-corrected chi connectivity index (χ0v) is 15.7. The van der Waals surface area contributed by atoms with Gasteiger partial charge in [-0.25, -0.2) is 4.99 Å². The summed E-state index contributed by atoms with van der Waals surface area (Å²) in [5.74, 6) is 0.745. The van der Waals surface area contributed by atoms with Gasteiger partial charge in [0, 0.05) is 19.6 Å². The molecule has 0 saturated heterocycles. The van der Waals surface area contributed by atoms with Crippen LogP contribution in [0, 0.1) is 0 Å². The van der Waals surface area contributed by atoms with E-state index in [1.165, 1.54) is 0 Å². The molecule has 0 amide bonds. The number of nitrogens with one attached hydrogen (secondary N) is 2. The molecule has 0 aliphatic carbocycles. The van der Waals surface area contributed by atoms with Crippen molar-refractivity contribution in [2.75, 3.05) is 39.8 Å². The standard InChI is InChI=1S/C18H29F3N4O/c1-4-22-17(23-10-11-25(3)5-2)24-12-15-6-8-16(9-7-15)13-26-14-18(19,20)21/h6-9H,4-5,10-14H2,1-3H3,(H2,22,23,24). The van der Waals surface area contributed by atoms with Gasteiger partial charge in [0.15, 0.2) is 5.96 Å². The SMILES string of the molecule is CCNC(=NCc1ccc(COCC(F)(F)F)cc1)NCCN(C)CC. The van der Waals surface area contributed by atoms with E-state index in [2.05, 4.69) is 39.2 Å². The second-order valence-corrected chi connectivity index (χ2v) is 5.94. The second kappa shape index (κ2) is 11.7. The van der Waals surface area contributed by atoms with Crippen molar-refractivity contribution in [2.45, 2.75) is 33.2 Å². The number of likely N-dealkylation sites (N-methyl/N-ethyl adjacent to an activating group) is 1. The third-order valence-electron chi connectivity index (χ3n) is 3.65. The van der Waals surface area contributed by atoms with Gasteiger partial charge < -0.3 is 20.3 Å². The first-order valence-electron chi connectivity index (χ1n) is 8.77. The number of hydrogen-bond acceptors (Lipinski definition) is 3. The minimum Gasteiger partial charge on any atom is -0.367 e. The summed E-state index contributed by atoms with van der Waals surface area (Å²) < 4.78 is 40.8. The van der Waals surface area contributed by atoms with E-state index in [0.29, 0.717) is 12.1 Å². The summed E-state index contributed by atoms with van der Waals surface area (Å²) in [4.78, 5) is 6.73. The van der Waals surface area contributed by atoms with Crippen LogP contribution in [-0.2, 0) is 17.9 Å². The highest BCUT2D eigenvalue weighted by molar-refractivity contribution is 5.79. The van der Waals surface area contributed by atoms with Crippen LogP contribution in [0.1, 0.15) is 25.0 Å². The van der Waals surface area contributed by atoms with E-state index >= 15 is 0 Å². The molecular formula is C18H29F3N4O. The van der Waals surface area contributed by atoms with Gasteiger partial charge >= 0.3 is 6.18 Å². The fraction of sp³-hybridized carbons (Fsp3) is 0.611. The van der Waals surface area contributed by atoms with Crippen LogP contribution in [0.15, 0.2) is 29.3 Å². The van der Waals surface area contributed by atoms with E-state index in [4.69, 9.17) is 0 Å². The Kier molecular flexibility index (Phi) is 10.0. The lowest BCUT2D eigenvalue weighted by Crippen LogP contribution is -2.40. The number of alkyl halides is 3. The molecule has 1 aromatic carbocycles. The molecular weight excluding hydrogens is 345 g/mol. The molecule has 1 aromatic rings. The van der Waals surface area contributed by atoms with Crippen molar-refractivity contribution in [1.29, 1.82) is 0 Å². The van der Waals surface area contributed by atoms with Crippen molar-refractivity contribution in [2.24, 2.45) is 4.99 Å². The summed E-state index contributed by atoms with van der Waals surface area (Å²) in [5, 5.41) is 6.47. The third kappa shape index (κ3) is 10.2. The molecule has 26 heavy (non-hydrogen) atoms. The van der Waals surface area contributed by atoms with Crippen molar-refractivity contribution in [1.82, 2.24) is 15.5 Å². The summed E-state index contributed by atoms with van der Waals surface area (Å²) in [7, 11) is 2.06. The summed E-state index contributed by atoms with van der Waals surface area (Å²) in [5.41, 5.74) is 1.68. The zero-order valence-electron chi connectivity index (χ0n) is 15.7. The quantitative estimate of drug-likeness (QED) is 0.488. The van der Waals surface area contributed by atoms with Crippen LogP contribution in [0.5, 0.6) is 0 Å². The molecule has 0 aromatic heterocycles. The lowest BCUT2D eigenvalue weighted by molar-refractivity contribution is -0.176. The Balaban J connectivity index is 2.47. The average molecular weight is 374 g/mol. The number of guanidine groups is 1. The Labute approximate surface area is 153 Å². The highest BCUT2D eigenvalue weighted by Gasteiger charge is 2.27. The van der Waals surface area contributed by atoms with Crippen LogP contribution in [0.4, 0.5) is 13.2 Å². The molecule has 0 fully saturated rings. The van der Waals surface area contributed by atoms with Crippen LogP contribution < -0.4 is 10.6 Å². The summed E-state index contributed by atoms with van der Waals surface area (Å²) in [6.07, 6.45) is -4.30. The Bertz CT molecular complexity index is 532. The molecule has 5 nitrogen and oxygen atoms in total. The molecule has 8 heteroatoms. The van der Waals surface area contributed by atoms with Crippen molar-refractivity contribution < 1.29 is 17.9 Å². The van der Waals surface area contributed by atoms with Gasteiger partial charge in [-0.3, -0.25) is 0 Å². The van der Waals surface area contributed by atoms with E-state index in [0.717, 1.165) is 37.7 Å². The fourth-order valence-electron chi connectivity index (χ4n) is 2.06. The van der Waals surface area contributed by atoms with Gasteiger partial charge in [0.05, 0.1) is 13.2 Å². The number of halogens is 3. The molecule has 0 atom stereocenters. The maximum atomic E-state index is 12.1. The van der Waals surface area contributed by atoms with Gasteiger partial charge in [-0.1, -0.05) is 31.2 Å². The number of aliphatic imine (C=N–C) groups is 1. The minimum absolute atomic E-state index is 0.0573. The van der Waals surface area contributed by atoms with Crippen LogP contribution in [0.2, 0.25) is 0 Å². The van der Waals surface area contributed by atoms with Crippen molar-refractivity contribution >= 4 is 5.96 Å². The number of nitrogens with zero attached hydrogens (tertiary/aromatic N) is 2. The van der Waals surface area contributed by atoms with Gasteiger partial charge in [-0.15, -0.1) is 0 Å². The molecule has 0 saturated carbocycles. The van der Waals surface area contributed by atoms with E-state index in [-0.39, 0.29) is 6.61 Å². The summed E-state index contributed by atoms with van der Waals surface area (Å²) >= 11 is 0. The molecule has 0 bridgehead atoms.